The molecule has 0 aliphatic rings. The van der Waals surface area contributed by atoms with Crippen LogP contribution in [0.15, 0.2) is 59.0 Å². The molecule has 22 heavy (non-hydrogen) atoms. The van der Waals surface area contributed by atoms with Crippen LogP contribution in [-0.2, 0) is 0 Å². The lowest BCUT2D eigenvalue weighted by molar-refractivity contribution is 0.425. The molecule has 0 saturated heterocycles. The van der Waals surface area contributed by atoms with Gasteiger partial charge in [-0.15, -0.1) is 0 Å². The van der Waals surface area contributed by atoms with Crippen LogP contribution >= 0.6 is 0 Å². The van der Waals surface area contributed by atoms with Crippen LogP contribution in [0.3, 0.4) is 0 Å². The van der Waals surface area contributed by atoms with Gasteiger partial charge < -0.3 is 14.5 Å². The van der Waals surface area contributed by atoms with Crippen molar-refractivity contribution in [3.05, 3.63) is 54.6 Å². The molecule has 4 aromatic carbocycles. The summed E-state index contributed by atoms with van der Waals surface area (Å²) >= 11 is 0. The predicted molar refractivity (Wildman–Crippen MR) is 89.7 cm³/mol. The van der Waals surface area contributed by atoms with E-state index in [1.807, 2.05) is 30.3 Å². The molecule has 4 heteroatoms. The summed E-state index contributed by atoms with van der Waals surface area (Å²) in [6.45, 7) is 0. The Morgan fingerprint density at radius 3 is 2.09 bits per heavy atom. The lowest BCUT2D eigenvalue weighted by Gasteiger charge is -2.09. The second-order valence-corrected chi connectivity index (χ2v) is 5.61. The van der Waals surface area contributed by atoms with E-state index >= 15 is 0 Å². The van der Waals surface area contributed by atoms with Gasteiger partial charge in [0.05, 0.1) is 0 Å². The molecule has 1 aromatic heterocycles. The Morgan fingerprint density at radius 1 is 0.682 bits per heavy atom. The summed E-state index contributed by atoms with van der Waals surface area (Å²) in [7, 11) is -1.55. The summed E-state index contributed by atoms with van der Waals surface area (Å²) in [4.78, 5) is 0. The van der Waals surface area contributed by atoms with Crippen LogP contribution in [0.4, 0.5) is 0 Å². The zero-order chi connectivity index (χ0) is 14.8. The van der Waals surface area contributed by atoms with E-state index in [2.05, 4.69) is 18.2 Å². The summed E-state index contributed by atoms with van der Waals surface area (Å²) in [5, 5.41) is 25.8. The van der Waals surface area contributed by atoms with E-state index in [0.717, 1.165) is 32.5 Å². The molecule has 3 nitrogen and oxygen atoms in total. The molecule has 0 fully saturated rings. The highest BCUT2D eigenvalue weighted by molar-refractivity contribution is 6.62. The standard InChI is InChI=1S/C18H11BO3/c20-19(21)14-9-8-13-11-5-2-1-4-10(11)12-6-3-7-15-16(12)17(13)18(14)22-15/h1-9,20-21H. The minimum atomic E-state index is -1.55. The average molecular weight is 286 g/mol. The molecule has 104 valence electrons. The first-order valence-corrected chi connectivity index (χ1v) is 7.20. The van der Waals surface area contributed by atoms with E-state index in [9.17, 15) is 10.0 Å². The molecule has 0 aliphatic carbocycles. The third-order valence-electron chi connectivity index (χ3n) is 4.46. The first-order valence-electron chi connectivity index (χ1n) is 7.20. The molecule has 2 N–H and O–H groups in total. The highest BCUT2D eigenvalue weighted by Gasteiger charge is 2.23. The molecule has 0 aliphatic heterocycles. The number of benzene rings is 4. The smallest absolute Gasteiger partial charge is 0.456 e. The molecule has 0 amide bonds. The lowest BCUT2D eigenvalue weighted by Crippen LogP contribution is -2.30. The fourth-order valence-corrected chi connectivity index (χ4v) is 3.55. The van der Waals surface area contributed by atoms with Gasteiger partial charge in [0, 0.05) is 16.2 Å². The average Bonchev–Trinajstić information content (AvgIpc) is 2.93. The maximum atomic E-state index is 9.62. The molecule has 5 rings (SSSR count). The van der Waals surface area contributed by atoms with Gasteiger partial charge in [-0.2, -0.15) is 0 Å². The van der Waals surface area contributed by atoms with E-state index in [-0.39, 0.29) is 0 Å². The Balaban J connectivity index is 2.21. The van der Waals surface area contributed by atoms with Crippen LogP contribution in [0, 0.1) is 0 Å². The lowest BCUT2D eigenvalue weighted by atomic mass is 9.78. The van der Waals surface area contributed by atoms with Gasteiger partial charge in [-0.1, -0.05) is 48.5 Å². The zero-order valence-electron chi connectivity index (χ0n) is 11.6. The third kappa shape index (κ3) is 1.34. The van der Waals surface area contributed by atoms with Crippen molar-refractivity contribution < 1.29 is 14.5 Å². The van der Waals surface area contributed by atoms with Crippen LogP contribution in [0.1, 0.15) is 0 Å². The first-order chi connectivity index (χ1) is 10.8. The summed E-state index contributed by atoms with van der Waals surface area (Å²) in [5.41, 5.74) is 1.74. The molecule has 0 atom stereocenters. The first kappa shape index (κ1) is 12.0. The fraction of sp³-hybridized carbons (Fsp3) is 0. The Bertz CT molecular complexity index is 1160. The van der Waals surface area contributed by atoms with Crippen LogP contribution < -0.4 is 5.46 Å². The molecule has 0 unspecified atom stereocenters. The highest BCUT2D eigenvalue weighted by atomic mass is 16.4. The Morgan fingerprint density at radius 2 is 1.36 bits per heavy atom. The van der Waals surface area contributed by atoms with Gasteiger partial charge in [-0.3, -0.25) is 0 Å². The van der Waals surface area contributed by atoms with Crippen LogP contribution in [-0.4, -0.2) is 17.2 Å². The maximum Gasteiger partial charge on any atom is 0.492 e. The fourth-order valence-electron chi connectivity index (χ4n) is 3.55. The highest BCUT2D eigenvalue weighted by Crippen LogP contribution is 2.41. The van der Waals surface area contributed by atoms with Crippen molar-refractivity contribution in [2.45, 2.75) is 0 Å². The maximum absolute atomic E-state index is 9.62. The largest absolute Gasteiger partial charge is 0.492 e. The van der Waals surface area contributed by atoms with E-state index in [0.29, 0.717) is 11.0 Å². The van der Waals surface area contributed by atoms with E-state index < -0.39 is 7.12 Å². The Kier molecular flexibility index (Phi) is 2.19. The molecular weight excluding hydrogens is 275 g/mol. The molecule has 0 bridgehead atoms. The van der Waals surface area contributed by atoms with Crippen LogP contribution in [0.2, 0.25) is 0 Å². The molecule has 0 spiro atoms. The van der Waals surface area contributed by atoms with Gasteiger partial charge >= 0.3 is 7.12 Å². The quantitative estimate of drug-likeness (QED) is 0.368. The van der Waals surface area contributed by atoms with Crippen molar-refractivity contribution in [3.63, 3.8) is 0 Å². The van der Waals surface area contributed by atoms with Crippen molar-refractivity contribution in [1.82, 2.24) is 0 Å². The number of furan rings is 1. The summed E-state index contributed by atoms with van der Waals surface area (Å²) < 4.78 is 5.96. The topological polar surface area (TPSA) is 53.6 Å². The van der Waals surface area contributed by atoms with Gasteiger partial charge in [0.2, 0.25) is 0 Å². The van der Waals surface area contributed by atoms with Crippen molar-refractivity contribution in [2.75, 3.05) is 0 Å². The normalized spacial score (nSPS) is 12.1. The van der Waals surface area contributed by atoms with E-state index in [4.69, 9.17) is 4.42 Å². The Labute approximate surface area is 125 Å². The third-order valence-corrected chi connectivity index (χ3v) is 4.46. The number of rotatable bonds is 1. The van der Waals surface area contributed by atoms with Gasteiger partial charge in [0.1, 0.15) is 11.2 Å². The van der Waals surface area contributed by atoms with Crippen LogP contribution in [0.5, 0.6) is 0 Å². The molecular formula is C18H11BO3. The van der Waals surface area contributed by atoms with Gasteiger partial charge in [-0.05, 0) is 27.6 Å². The summed E-state index contributed by atoms with van der Waals surface area (Å²) in [5.74, 6) is 0. The zero-order valence-corrected chi connectivity index (χ0v) is 11.6. The van der Waals surface area contributed by atoms with Crippen molar-refractivity contribution in [3.8, 4) is 0 Å². The molecule has 0 saturated carbocycles. The Hall–Kier alpha value is -2.56. The predicted octanol–water partition coefficient (Wildman–Crippen LogP) is 3.01. The van der Waals surface area contributed by atoms with E-state index in [1.54, 1.807) is 6.07 Å². The van der Waals surface area contributed by atoms with Crippen molar-refractivity contribution in [1.29, 1.82) is 0 Å². The SMILES string of the molecule is OB(O)c1ccc2c3ccccc3c3cccc4oc1c2c43. The summed E-state index contributed by atoms with van der Waals surface area (Å²) in [6.07, 6.45) is 0. The monoisotopic (exact) mass is 286 g/mol. The summed E-state index contributed by atoms with van der Waals surface area (Å²) in [6, 6.07) is 17.9. The molecule has 0 radical (unpaired) electrons. The minimum absolute atomic E-state index is 0.403. The van der Waals surface area contributed by atoms with Crippen LogP contribution in [0.25, 0.3) is 43.5 Å². The molecule has 5 aromatic rings. The van der Waals surface area contributed by atoms with Gasteiger partial charge in [0.15, 0.2) is 0 Å². The second kappa shape index (κ2) is 4.00. The van der Waals surface area contributed by atoms with Gasteiger partial charge in [-0.25, -0.2) is 0 Å². The second-order valence-electron chi connectivity index (χ2n) is 5.61. The van der Waals surface area contributed by atoms with Crippen molar-refractivity contribution in [2.24, 2.45) is 0 Å². The van der Waals surface area contributed by atoms with E-state index in [1.165, 1.54) is 5.39 Å². The number of hydrogen-bond acceptors (Lipinski definition) is 3. The number of hydrogen-bond donors (Lipinski definition) is 2. The van der Waals surface area contributed by atoms with Crippen molar-refractivity contribution >= 4 is 56.1 Å². The minimum Gasteiger partial charge on any atom is -0.456 e. The van der Waals surface area contributed by atoms with Gasteiger partial charge in [0.25, 0.3) is 0 Å². The number of fused-ring (bicyclic) bond motifs is 3. The molecule has 1 heterocycles.